The third-order valence-electron chi connectivity index (χ3n) is 7.54. The van der Waals surface area contributed by atoms with Crippen molar-refractivity contribution in [3.8, 4) is 0 Å². The van der Waals surface area contributed by atoms with Crippen molar-refractivity contribution in [2.45, 2.75) is 71.1 Å². The van der Waals surface area contributed by atoms with Crippen LogP contribution in [0.2, 0.25) is 0 Å². The van der Waals surface area contributed by atoms with Crippen LogP contribution in [0.15, 0.2) is 60.2 Å². The van der Waals surface area contributed by atoms with Gasteiger partial charge in [-0.2, -0.15) is 0 Å². The largest absolute Gasteiger partial charge is 0.465 e. The van der Waals surface area contributed by atoms with Gasteiger partial charge >= 0.3 is 12.1 Å². The zero-order valence-corrected chi connectivity index (χ0v) is 23.5. The summed E-state index contributed by atoms with van der Waals surface area (Å²) in [5, 5.41) is 0. The van der Waals surface area contributed by atoms with E-state index in [2.05, 4.69) is 47.1 Å². The van der Waals surface area contributed by atoms with Gasteiger partial charge in [-0.1, -0.05) is 54.1 Å². The van der Waals surface area contributed by atoms with E-state index >= 15 is 0 Å². The van der Waals surface area contributed by atoms with E-state index in [0.29, 0.717) is 11.5 Å². The molecule has 2 aromatic carbocycles. The highest BCUT2D eigenvalue weighted by atomic mass is 16.6. The number of hydrogen-bond donors (Lipinski definition) is 0. The maximum absolute atomic E-state index is 13.4. The van der Waals surface area contributed by atoms with Crippen LogP contribution in [0.5, 0.6) is 0 Å². The second-order valence-electron chi connectivity index (χ2n) is 11.6. The number of esters is 1. The number of methoxy groups -OCH3 is 1. The lowest BCUT2D eigenvalue weighted by atomic mass is 10.0. The first-order chi connectivity index (χ1) is 18.1. The molecule has 1 saturated heterocycles. The number of carbonyl (C=O) groups excluding carboxylic acids is 2. The predicted molar refractivity (Wildman–Crippen MR) is 151 cm³/mol. The monoisotopic (exact) mass is 518 g/mol. The van der Waals surface area contributed by atoms with Gasteiger partial charge in [0.05, 0.1) is 12.7 Å². The van der Waals surface area contributed by atoms with Crippen LogP contribution in [0.1, 0.15) is 68.4 Å². The smallest absolute Gasteiger partial charge is 0.410 e. The zero-order chi connectivity index (χ0) is 27.3. The highest BCUT2D eigenvalue weighted by Crippen LogP contribution is 2.44. The molecule has 6 nitrogen and oxygen atoms in total. The highest BCUT2D eigenvalue weighted by molar-refractivity contribution is 5.89. The fourth-order valence-electron chi connectivity index (χ4n) is 5.40. The summed E-state index contributed by atoms with van der Waals surface area (Å²) in [6.45, 7) is 10.9. The molecule has 1 aliphatic carbocycles. The van der Waals surface area contributed by atoms with Crippen LogP contribution < -0.4 is 0 Å². The first kappa shape index (κ1) is 27.9. The van der Waals surface area contributed by atoms with Crippen LogP contribution in [-0.2, 0) is 15.9 Å². The standard InChI is InChI=1S/C32H42N2O4/c1-23(21-25-9-7-6-8-10-25)28-22-29(28)34(31(36)38-32(2,3)4)27-16-19-33(20-17-27)18-15-24-11-13-26(14-12-24)30(35)37-5/h6-14,21,27-29H,15-20,22H2,1-5H3/b23-21+. The molecule has 2 aromatic rings. The SMILES string of the molecule is COC(=O)c1ccc(CCN2CCC(N(C(=O)OC(C)(C)C)C3CC3/C(C)=C/c3ccccc3)CC2)cc1. The fraction of sp³-hybridized carbons (Fsp3) is 0.500. The number of benzene rings is 2. The molecule has 204 valence electrons. The molecule has 0 radical (unpaired) electrons. The number of likely N-dealkylation sites (tertiary alicyclic amines) is 1. The normalized spacial score (nSPS) is 20.6. The van der Waals surface area contributed by atoms with Crippen molar-refractivity contribution in [1.29, 1.82) is 0 Å². The van der Waals surface area contributed by atoms with Crippen molar-refractivity contribution in [3.05, 3.63) is 76.9 Å². The molecule has 6 heteroatoms. The van der Waals surface area contributed by atoms with Crippen molar-refractivity contribution in [2.75, 3.05) is 26.7 Å². The van der Waals surface area contributed by atoms with Gasteiger partial charge in [0.2, 0.25) is 0 Å². The maximum Gasteiger partial charge on any atom is 0.410 e. The third-order valence-corrected chi connectivity index (χ3v) is 7.54. The Morgan fingerprint density at radius 2 is 1.68 bits per heavy atom. The summed E-state index contributed by atoms with van der Waals surface area (Å²) in [6, 6.07) is 18.4. The average Bonchev–Trinajstić information content (AvgIpc) is 3.68. The first-order valence-electron chi connectivity index (χ1n) is 13.8. The lowest BCUT2D eigenvalue weighted by Crippen LogP contribution is -2.50. The number of rotatable bonds is 8. The van der Waals surface area contributed by atoms with E-state index in [4.69, 9.17) is 9.47 Å². The van der Waals surface area contributed by atoms with Gasteiger partial charge in [-0.15, -0.1) is 0 Å². The van der Waals surface area contributed by atoms with Crippen molar-refractivity contribution in [1.82, 2.24) is 9.80 Å². The van der Waals surface area contributed by atoms with E-state index < -0.39 is 5.60 Å². The molecule has 2 atom stereocenters. The molecule has 1 saturated carbocycles. The summed E-state index contributed by atoms with van der Waals surface area (Å²) >= 11 is 0. The van der Waals surface area contributed by atoms with Gasteiger partial charge in [-0.3, -0.25) is 0 Å². The maximum atomic E-state index is 13.4. The van der Waals surface area contributed by atoms with E-state index in [0.717, 1.165) is 45.3 Å². The van der Waals surface area contributed by atoms with E-state index in [-0.39, 0.29) is 24.1 Å². The van der Waals surface area contributed by atoms with Crippen molar-refractivity contribution in [2.24, 2.45) is 5.92 Å². The van der Waals surface area contributed by atoms with Crippen LogP contribution in [0.3, 0.4) is 0 Å². The Kier molecular flexibility index (Phi) is 8.93. The van der Waals surface area contributed by atoms with E-state index in [1.165, 1.54) is 23.8 Å². The highest BCUT2D eigenvalue weighted by Gasteiger charge is 2.48. The molecule has 2 fully saturated rings. The Labute approximate surface area is 227 Å². The fourth-order valence-corrected chi connectivity index (χ4v) is 5.40. The minimum absolute atomic E-state index is 0.179. The summed E-state index contributed by atoms with van der Waals surface area (Å²) in [5.41, 5.74) is 3.79. The van der Waals surface area contributed by atoms with Crippen molar-refractivity contribution >= 4 is 18.1 Å². The molecule has 0 N–H and O–H groups in total. The van der Waals surface area contributed by atoms with Gasteiger partial charge in [-0.05, 0) is 76.6 Å². The van der Waals surface area contributed by atoms with Gasteiger partial charge < -0.3 is 19.3 Å². The summed E-state index contributed by atoms with van der Waals surface area (Å²) in [4.78, 5) is 29.6. The molecule has 2 aliphatic rings. The summed E-state index contributed by atoms with van der Waals surface area (Å²) in [6.07, 6.45) is 5.89. The molecule has 4 rings (SSSR count). The van der Waals surface area contributed by atoms with Crippen LogP contribution in [0, 0.1) is 5.92 Å². The predicted octanol–water partition coefficient (Wildman–Crippen LogP) is 6.21. The Morgan fingerprint density at radius 3 is 2.29 bits per heavy atom. The number of nitrogens with zero attached hydrogens (tertiary/aromatic N) is 2. The topological polar surface area (TPSA) is 59.1 Å². The number of piperidine rings is 1. The van der Waals surface area contributed by atoms with Gasteiger partial charge in [-0.25, -0.2) is 9.59 Å². The van der Waals surface area contributed by atoms with E-state index in [9.17, 15) is 9.59 Å². The van der Waals surface area contributed by atoms with Gasteiger partial charge in [0, 0.05) is 37.6 Å². The number of hydrogen-bond acceptors (Lipinski definition) is 5. The molecule has 38 heavy (non-hydrogen) atoms. The number of ether oxygens (including phenoxy) is 2. The molecule has 0 spiro atoms. The van der Waals surface area contributed by atoms with Gasteiger partial charge in [0.15, 0.2) is 0 Å². The summed E-state index contributed by atoms with van der Waals surface area (Å²) in [5.74, 6) is 0.0746. The molecule has 1 aliphatic heterocycles. The Morgan fingerprint density at radius 1 is 1.03 bits per heavy atom. The van der Waals surface area contributed by atoms with Gasteiger partial charge in [0.1, 0.15) is 5.60 Å². The summed E-state index contributed by atoms with van der Waals surface area (Å²) < 4.78 is 10.7. The second-order valence-corrected chi connectivity index (χ2v) is 11.6. The Hall–Kier alpha value is -3.12. The Bertz CT molecular complexity index is 1110. The number of carbonyl (C=O) groups is 2. The third kappa shape index (κ3) is 7.47. The minimum atomic E-state index is -0.515. The zero-order valence-electron chi connectivity index (χ0n) is 23.5. The molecule has 0 aromatic heterocycles. The van der Waals surface area contributed by atoms with Gasteiger partial charge in [0.25, 0.3) is 0 Å². The van der Waals surface area contributed by atoms with Crippen LogP contribution in [-0.4, -0.2) is 66.3 Å². The molecular formula is C32H42N2O4. The molecular weight excluding hydrogens is 476 g/mol. The lowest BCUT2D eigenvalue weighted by molar-refractivity contribution is 0.00492. The first-order valence-corrected chi connectivity index (χ1v) is 13.8. The van der Waals surface area contributed by atoms with Crippen molar-refractivity contribution < 1.29 is 19.1 Å². The van der Waals surface area contributed by atoms with E-state index in [1.54, 1.807) is 0 Å². The van der Waals surface area contributed by atoms with Crippen LogP contribution in [0.25, 0.3) is 6.08 Å². The van der Waals surface area contributed by atoms with Crippen LogP contribution in [0.4, 0.5) is 4.79 Å². The second kappa shape index (κ2) is 12.2. The average molecular weight is 519 g/mol. The molecule has 2 unspecified atom stereocenters. The van der Waals surface area contributed by atoms with E-state index in [1.807, 2.05) is 51.1 Å². The summed E-state index contributed by atoms with van der Waals surface area (Å²) in [7, 11) is 1.40. The minimum Gasteiger partial charge on any atom is -0.465 e. The number of amides is 1. The van der Waals surface area contributed by atoms with Crippen LogP contribution >= 0.6 is 0 Å². The quantitative estimate of drug-likeness (QED) is 0.389. The Balaban J connectivity index is 1.35. The molecule has 1 amide bonds. The molecule has 1 heterocycles. The molecule has 0 bridgehead atoms. The lowest BCUT2D eigenvalue weighted by Gasteiger charge is -2.39. The van der Waals surface area contributed by atoms with Crippen molar-refractivity contribution in [3.63, 3.8) is 0 Å².